The number of amides is 1. The van der Waals surface area contributed by atoms with Crippen molar-refractivity contribution in [2.75, 3.05) is 6.54 Å². The summed E-state index contributed by atoms with van der Waals surface area (Å²) in [5.41, 5.74) is -0.0118. The van der Waals surface area contributed by atoms with Crippen molar-refractivity contribution in [2.45, 2.75) is 57.1 Å². The van der Waals surface area contributed by atoms with E-state index in [0.29, 0.717) is 43.4 Å². The largest absolute Gasteiger partial charge is 0.490 e. The maximum Gasteiger partial charge on any atom is 0.417 e. The van der Waals surface area contributed by atoms with Gasteiger partial charge in [-0.3, -0.25) is 4.79 Å². The van der Waals surface area contributed by atoms with Crippen molar-refractivity contribution < 1.29 is 27.1 Å². The van der Waals surface area contributed by atoms with E-state index in [1.165, 1.54) is 12.1 Å². The van der Waals surface area contributed by atoms with Gasteiger partial charge in [-0.1, -0.05) is 12.0 Å². The Kier molecular flexibility index (Phi) is 6.52. The third-order valence-corrected chi connectivity index (χ3v) is 6.33. The molecule has 176 valence electrons. The number of halogens is 4. The fraction of sp³-hybridized carbons (Fsp3) is 0.385. The molecule has 3 aliphatic rings. The van der Waals surface area contributed by atoms with Gasteiger partial charge in [0.15, 0.2) is 6.17 Å². The normalized spacial score (nSPS) is 24.6. The van der Waals surface area contributed by atoms with Crippen LogP contribution in [0.5, 0.6) is 5.75 Å². The minimum atomic E-state index is -4.64. The van der Waals surface area contributed by atoms with E-state index >= 15 is 0 Å². The molecular weight excluding hydrogens is 448 g/mol. The highest BCUT2D eigenvalue weighted by molar-refractivity contribution is 6.02. The Bertz CT molecular complexity index is 1190. The maximum absolute atomic E-state index is 14.5. The summed E-state index contributed by atoms with van der Waals surface area (Å²) < 4.78 is 59.9. The molecule has 4 rings (SSSR count). The number of fused-ring (bicyclic) bond motifs is 1. The molecule has 0 bridgehead atoms. The van der Waals surface area contributed by atoms with Gasteiger partial charge in [-0.15, -0.1) is 5.92 Å². The van der Waals surface area contributed by atoms with E-state index < -0.39 is 23.5 Å². The fourth-order valence-corrected chi connectivity index (χ4v) is 4.62. The lowest BCUT2D eigenvalue weighted by Crippen LogP contribution is -2.41. The van der Waals surface area contributed by atoms with E-state index in [-0.39, 0.29) is 23.8 Å². The summed E-state index contributed by atoms with van der Waals surface area (Å²) in [6.07, 6.45) is 0.713. The Hall–Kier alpha value is -3.52. The minimum absolute atomic E-state index is 0.0512. The van der Waals surface area contributed by atoms with Crippen LogP contribution < -0.4 is 4.74 Å². The first-order valence-electron chi connectivity index (χ1n) is 11.0. The molecule has 1 saturated carbocycles. The van der Waals surface area contributed by atoms with Crippen LogP contribution in [0.2, 0.25) is 0 Å². The van der Waals surface area contributed by atoms with E-state index in [1.807, 2.05) is 0 Å². The molecule has 1 saturated heterocycles. The topological polar surface area (TPSA) is 53.3 Å². The summed E-state index contributed by atoms with van der Waals surface area (Å²) in [5, 5.41) is 8.93. The Morgan fingerprint density at radius 3 is 2.53 bits per heavy atom. The van der Waals surface area contributed by atoms with Gasteiger partial charge in [0.2, 0.25) is 0 Å². The molecule has 0 spiro atoms. The first kappa shape index (κ1) is 23.6. The number of benzene rings is 1. The number of nitriles is 1. The number of allylic oxidation sites excluding steroid dienone is 4. The van der Waals surface area contributed by atoms with Crippen LogP contribution in [0.1, 0.15) is 43.7 Å². The quantitative estimate of drug-likeness (QED) is 0.447. The standard InChI is InChI=1S/C26H22F4N2O2/c1-2-3-16-4-5-18-15-32(25(33)22(18)13-24(16)27)19-7-10-20(11-8-19)34-21-9-6-17(14-31)23(12-21)26(28,29)30/h4-6,9,12-13,19-20,24H,7-8,10-11,15H2,1H3. The summed E-state index contributed by atoms with van der Waals surface area (Å²) in [4.78, 5) is 14.7. The third-order valence-electron chi connectivity index (χ3n) is 6.33. The van der Waals surface area contributed by atoms with E-state index in [2.05, 4.69) is 11.8 Å². The number of likely N-dealkylation sites (tertiary alicyclic amines) is 1. The van der Waals surface area contributed by atoms with Gasteiger partial charge in [0.25, 0.3) is 5.91 Å². The Morgan fingerprint density at radius 2 is 1.88 bits per heavy atom. The number of nitrogens with zero attached hydrogens (tertiary/aromatic N) is 2. The van der Waals surface area contributed by atoms with Gasteiger partial charge in [0.1, 0.15) is 5.75 Å². The van der Waals surface area contributed by atoms with Crippen molar-refractivity contribution in [3.63, 3.8) is 0 Å². The van der Waals surface area contributed by atoms with Crippen molar-refractivity contribution in [2.24, 2.45) is 0 Å². The van der Waals surface area contributed by atoms with Gasteiger partial charge in [-0.05, 0) is 68.5 Å². The van der Waals surface area contributed by atoms with Gasteiger partial charge < -0.3 is 9.64 Å². The fourth-order valence-electron chi connectivity index (χ4n) is 4.62. The zero-order valence-electron chi connectivity index (χ0n) is 18.5. The summed E-state index contributed by atoms with van der Waals surface area (Å²) in [6, 6.07) is 4.85. The molecule has 4 nitrogen and oxygen atoms in total. The molecule has 1 atom stereocenters. The Morgan fingerprint density at radius 1 is 1.15 bits per heavy atom. The number of ether oxygens (including phenoxy) is 1. The number of hydrogen-bond acceptors (Lipinski definition) is 3. The number of alkyl halides is 4. The number of rotatable bonds is 3. The van der Waals surface area contributed by atoms with Gasteiger partial charge in [0, 0.05) is 23.7 Å². The van der Waals surface area contributed by atoms with Crippen LogP contribution in [0.25, 0.3) is 0 Å². The second-order valence-corrected chi connectivity index (χ2v) is 8.47. The van der Waals surface area contributed by atoms with Crippen LogP contribution in [-0.4, -0.2) is 35.7 Å². The predicted molar refractivity (Wildman–Crippen MR) is 117 cm³/mol. The van der Waals surface area contributed by atoms with Crippen molar-refractivity contribution in [3.05, 3.63) is 64.3 Å². The highest BCUT2D eigenvalue weighted by atomic mass is 19.4. The van der Waals surface area contributed by atoms with Crippen LogP contribution in [-0.2, 0) is 11.0 Å². The number of hydrogen-bond donors (Lipinski definition) is 0. The molecule has 0 radical (unpaired) electrons. The molecule has 1 unspecified atom stereocenters. The molecule has 8 heteroatoms. The highest BCUT2D eigenvalue weighted by Crippen LogP contribution is 2.37. The number of carbonyl (C=O) groups is 1. The number of carbonyl (C=O) groups excluding carboxylic acids is 1. The summed E-state index contributed by atoms with van der Waals surface area (Å²) in [7, 11) is 0. The Labute approximate surface area is 195 Å². The summed E-state index contributed by atoms with van der Waals surface area (Å²) in [6.45, 7) is 2.02. The minimum Gasteiger partial charge on any atom is -0.490 e. The van der Waals surface area contributed by atoms with Gasteiger partial charge in [0.05, 0.1) is 23.3 Å². The SMILES string of the molecule is CC#CC1=CC=C2CN(C3CCC(Oc4ccc(C#N)c(C(F)(F)F)c4)CC3)C(=O)C2=CC1F. The first-order valence-corrected chi connectivity index (χ1v) is 11.0. The molecule has 1 aromatic rings. The zero-order chi connectivity index (χ0) is 24.5. The monoisotopic (exact) mass is 470 g/mol. The lowest BCUT2D eigenvalue weighted by molar-refractivity contribution is -0.138. The molecule has 1 aromatic carbocycles. The average molecular weight is 470 g/mol. The van der Waals surface area contributed by atoms with Crippen LogP contribution in [0.4, 0.5) is 17.6 Å². The van der Waals surface area contributed by atoms with E-state index in [4.69, 9.17) is 10.00 Å². The highest BCUT2D eigenvalue weighted by Gasteiger charge is 2.38. The van der Waals surface area contributed by atoms with Crippen LogP contribution in [0, 0.1) is 23.2 Å². The second kappa shape index (κ2) is 9.38. The molecule has 2 aliphatic carbocycles. The van der Waals surface area contributed by atoms with Gasteiger partial charge in [-0.2, -0.15) is 18.4 Å². The van der Waals surface area contributed by atoms with E-state index in [9.17, 15) is 22.4 Å². The van der Waals surface area contributed by atoms with Crippen molar-refractivity contribution in [1.29, 1.82) is 5.26 Å². The first-order chi connectivity index (χ1) is 16.2. The maximum atomic E-state index is 14.5. The molecule has 34 heavy (non-hydrogen) atoms. The molecule has 1 amide bonds. The molecular formula is C26H22F4N2O2. The smallest absolute Gasteiger partial charge is 0.417 e. The van der Waals surface area contributed by atoms with E-state index in [1.54, 1.807) is 30.0 Å². The zero-order valence-corrected chi connectivity index (χ0v) is 18.5. The molecule has 0 N–H and O–H groups in total. The van der Waals surface area contributed by atoms with Crippen LogP contribution >= 0.6 is 0 Å². The Balaban J connectivity index is 1.41. The summed E-state index contributed by atoms with van der Waals surface area (Å²) >= 11 is 0. The molecule has 1 aliphatic heterocycles. The predicted octanol–water partition coefficient (Wildman–Crippen LogP) is 5.26. The van der Waals surface area contributed by atoms with Crippen LogP contribution in [0.3, 0.4) is 0 Å². The molecule has 0 aromatic heterocycles. The third kappa shape index (κ3) is 4.72. The van der Waals surface area contributed by atoms with Crippen LogP contribution in [0.15, 0.2) is 53.1 Å². The van der Waals surface area contributed by atoms with Crippen molar-refractivity contribution >= 4 is 5.91 Å². The van der Waals surface area contributed by atoms with Crippen molar-refractivity contribution in [1.82, 2.24) is 4.90 Å². The summed E-state index contributed by atoms with van der Waals surface area (Å²) in [5.74, 6) is 5.26. The molecule has 2 fully saturated rings. The van der Waals surface area contributed by atoms with Gasteiger partial charge in [-0.25, -0.2) is 4.39 Å². The molecule has 1 heterocycles. The van der Waals surface area contributed by atoms with Gasteiger partial charge >= 0.3 is 6.18 Å². The van der Waals surface area contributed by atoms with E-state index in [0.717, 1.165) is 17.7 Å². The lowest BCUT2D eigenvalue weighted by atomic mass is 9.92. The average Bonchev–Trinajstić information content (AvgIpc) is 3.02. The van der Waals surface area contributed by atoms with Crippen molar-refractivity contribution in [3.8, 4) is 23.7 Å². The second-order valence-electron chi connectivity index (χ2n) is 8.47. The lowest BCUT2D eigenvalue weighted by Gasteiger charge is -2.34.